The van der Waals surface area contributed by atoms with Crippen LogP contribution in [0.4, 0.5) is 5.13 Å². The molecule has 146 valence electrons. The fraction of sp³-hybridized carbons (Fsp3) is 0.286. The Labute approximate surface area is 168 Å². The van der Waals surface area contributed by atoms with E-state index in [1.165, 1.54) is 16.9 Å². The molecular formula is C21H23N3O3S. The number of nitrogens with one attached hydrogen (secondary N) is 1. The lowest BCUT2D eigenvalue weighted by Crippen LogP contribution is -2.20. The number of benzene rings is 2. The number of carbonyl (C=O) groups excluding carboxylic acids is 1. The van der Waals surface area contributed by atoms with Crippen LogP contribution in [0.1, 0.15) is 23.1 Å². The molecule has 0 unspecified atom stereocenters. The average Bonchev–Trinajstić information content (AvgIpc) is 3.15. The highest BCUT2D eigenvalue weighted by atomic mass is 32.1. The topological polar surface area (TPSA) is 73.3 Å². The van der Waals surface area contributed by atoms with Crippen molar-refractivity contribution in [2.75, 3.05) is 18.5 Å². The van der Waals surface area contributed by atoms with Gasteiger partial charge in [0.05, 0.1) is 6.61 Å². The van der Waals surface area contributed by atoms with Gasteiger partial charge in [0.2, 0.25) is 5.13 Å². The number of aromatic nitrogens is 2. The van der Waals surface area contributed by atoms with Gasteiger partial charge in [-0.1, -0.05) is 48.1 Å². The van der Waals surface area contributed by atoms with Gasteiger partial charge in [-0.25, -0.2) is 0 Å². The molecule has 0 fully saturated rings. The van der Waals surface area contributed by atoms with Crippen molar-refractivity contribution >= 4 is 22.4 Å². The number of hydrogen-bond donors (Lipinski definition) is 1. The molecule has 0 aliphatic rings. The van der Waals surface area contributed by atoms with Gasteiger partial charge in [0, 0.05) is 6.42 Å². The minimum atomic E-state index is -0.268. The van der Waals surface area contributed by atoms with Gasteiger partial charge < -0.3 is 9.47 Å². The summed E-state index contributed by atoms with van der Waals surface area (Å²) in [6, 6.07) is 15.6. The molecule has 1 N–H and O–H groups in total. The summed E-state index contributed by atoms with van der Waals surface area (Å²) in [7, 11) is 0. The van der Waals surface area contributed by atoms with Gasteiger partial charge in [-0.05, 0) is 43.2 Å². The molecule has 0 atom stereocenters. The number of anilines is 1. The van der Waals surface area contributed by atoms with Crippen LogP contribution in [0.15, 0.2) is 48.5 Å². The zero-order valence-corrected chi connectivity index (χ0v) is 16.8. The van der Waals surface area contributed by atoms with Crippen LogP contribution in [-0.4, -0.2) is 29.3 Å². The van der Waals surface area contributed by atoms with Crippen molar-refractivity contribution in [1.29, 1.82) is 0 Å². The zero-order valence-electron chi connectivity index (χ0n) is 16.0. The third-order valence-corrected chi connectivity index (χ3v) is 4.92. The Balaban J connectivity index is 1.40. The molecule has 28 heavy (non-hydrogen) atoms. The molecular weight excluding hydrogens is 374 g/mol. The maximum atomic E-state index is 12.0. The fourth-order valence-corrected chi connectivity index (χ4v) is 3.16. The lowest BCUT2D eigenvalue weighted by atomic mass is 10.2. The summed E-state index contributed by atoms with van der Waals surface area (Å²) < 4.78 is 11.2. The minimum Gasteiger partial charge on any atom is -0.493 e. The largest absolute Gasteiger partial charge is 0.493 e. The number of nitrogens with zero attached hydrogens (tertiary/aromatic N) is 2. The van der Waals surface area contributed by atoms with Crippen LogP contribution in [0.5, 0.6) is 11.5 Å². The molecule has 0 radical (unpaired) electrons. The van der Waals surface area contributed by atoms with E-state index in [-0.39, 0.29) is 12.5 Å². The predicted molar refractivity (Wildman–Crippen MR) is 110 cm³/mol. The van der Waals surface area contributed by atoms with Crippen LogP contribution in [0.25, 0.3) is 0 Å². The van der Waals surface area contributed by atoms with E-state index in [1.807, 2.05) is 43.3 Å². The quantitative estimate of drug-likeness (QED) is 0.590. The van der Waals surface area contributed by atoms with E-state index in [4.69, 9.17) is 9.47 Å². The number of carbonyl (C=O) groups is 1. The molecule has 0 spiro atoms. The zero-order chi connectivity index (χ0) is 19.8. The van der Waals surface area contributed by atoms with Gasteiger partial charge in [0.1, 0.15) is 16.5 Å². The Hall–Kier alpha value is -2.93. The fourth-order valence-electron chi connectivity index (χ4n) is 2.42. The molecule has 0 aliphatic carbocycles. The summed E-state index contributed by atoms with van der Waals surface area (Å²) in [6.45, 7) is 4.55. The van der Waals surface area contributed by atoms with Gasteiger partial charge in [-0.3, -0.25) is 10.1 Å². The smallest absolute Gasteiger partial charge is 0.264 e. The highest BCUT2D eigenvalue weighted by Gasteiger charge is 2.09. The molecule has 3 rings (SSSR count). The maximum Gasteiger partial charge on any atom is 0.264 e. The number of amides is 1. The Morgan fingerprint density at radius 3 is 2.39 bits per heavy atom. The molecule has 2 aromatic carbocycles. The summed E-state index contributed by atoms with van der Waals surface area (Å²) in [5.74, 6) is 1.22. The first-order chi connectivity index (χ1) is 13.6. The number of aryl methyl sites for hydroxylation is 2. The normalized spacial score (nSPS) is 10.5. The Morgan fingerprint density at radius 2 is 1.68 bits per heavy atom. The van der Waals surface area contributed by atoms with Crippen LogP contribution >= 0.6 is 11.3 Å². The van der Waals surface area contributed by atoms with Gasteiger partial charge in [0.25, 0.3) is 5.91 Å². The standard InChI is InChI=1S/C21H23N3O3S/c1-3-16-6-10-17(11-7-16)26-13-12-20-23-24-21(28-20)22-19(25)14-27-18-8-4-15(2)5-9-18/h4-11H,3,12-14H2,1-2H3,(H,22,24,25). The molecule has 1 heterocycles. The predicted octanol–water partition coefficient (Wildman–Crippen LogP) is 4.05. The Kier molecular flexibility index (Phi) is 6.97. The van der Waals surface area contributed by atoms with Crippen molar-refractivity contribution < 1.29 is 14.3 Å². The third kappa shape index (κ3) is 6.06. The van der Waals surface area contributed by atoms with E-state index < -0.39 is 0 Å². The number of ether oxygens (including phenoxy) is 2. The van der Waals surface area contributed by atoms with E-state index in [1.54, 1.807) is 0 Å². The first kappa shape index (κ1) is 19.8. The van der Waals surface area contributed by atoms with E-state index in [2.05, 4.69) is 34.6 Å². The van der Waals surface area contributed by atoms with Crippen molar-refractivity contribution in [3.05, 3.63) is 64.7 Å². The molecule has 1 amide bonds. The summed E-state index contributed by atoms with van der Waals surface area (Å²) in [4.78, 5) is 12.0. The molecule has 3 aromatic rings. The highest BCUT2D eigenvalue weighted by Crippen LogP contribution is 2.17. The molecule has 0 saturated carbocycles. The van der Waals surface area contributed by atoms with E-state index in [0.717, 1.165) is 22.7 Å². The molecule has 0 bridgehead atoms. The molecule has 1 aromatic heterocycles. The van der Waals surface area contributed by atoms with Crippen LogP contribution in [0.2, 0.25) is 0 Å². The van der Waals surface area contributed by atoms with Crippen LogP contribution in [-0.2, 0) is 17.6 Å². The number of hydrogen-bond acceptors (Lipinski definition) is 6. The summed E-state index contributed by atoms with van der Waals surface area (Å²) in [6.07, 6.45) is 1.64. The van der Waals surface area contributed by atoms with Crippen LogP contribution < -0.4 is 14.8 Å². The van der Waals surface area contributed by atoms with E-state index in [0.29, 0.717) is 23.9 Å². The van der Waals surface area contributed by atoms with Crippen molar-refractivity contribution in [1.82, 2.24) is 10.2 Å². The van der Waals surface area contributed by atoms with Gasteiger partial charge >= 0.3 is 0 Å². The SMILES string of the molecule is CCc1ccc(OCCc2nnc(NC(=O)COc3ccc(C)cc3)s2)cc1. The number of rotatable bonds is 9. The minimum absolute atomic E-state index is 0.0746. The Bertz CT molecular complexity index is 892. The summed E-state index contributed by atoms with van der Waals surface area (Å²) >= 11 is 1.34. The Morgan fingerprint density at radius 1 is 1.00 bits per heavy atom. The lowest BCUT2D eigenvalue weighted by molar-refractivity contribution is -0.118. The third-order valence-electron chi connectivity index (χ3n) is 4.02. The molecule has 6 nitrogen and oxygen atoms in total. The second-order valence-electron chi connectivity index (χ2n) is 6.25. The molecule has 0 saturated heterocycles. The summed E-state index contributed by atoms with van der Waals surface area (Å²) in [5.41, 5.74) is 2.42. The average molecular weight is 398 g/mol. The van der Waals surface area contributed by atoms with Crippen LogP contribution in [0, 0.1) is 6.92 Å². The molecule has 0 aliphatic heterocycles. The van der Waals surface area contributed by atoms with Gasteiger partial charge in [-0.2, -0.15) is 0 Å². The second-order valence-corrected chi connectivity index (χ2v) is 7.31. The van der Waals surface area contributed by atoms with Gasteiger partial charge in [-0.15, -0.1) is 10.2 Å². The van der Waals surface area contributed by atoms with Crippen molar-refractivity contribution in [2.24, 2.45) is 0 Å². The first-order valence-electron chi connectivity index (χ1n) is 9.16. The van der Waals surface area contributed by atoms with E-state index in [9.17, 15) is 4.79 Å². The van der Waals surface area contributed by atoms with Crippen molar-refractivity contribution in [2.45, 2.75) is 26.7 Å². The summed E-state index contributed by atoms with van der Waals surface area (Å²) in [5, 5.41) is 12.1. The maximum absolute atomic E-state index is 12.0. The lowest BCUT2D eigenvalue weighted by Gasteiger charge is -2.05. The second kappa shape index (κ2) is 9.85. The molecule has 7 heteroatoms. The van der Waals surface area contributed by atoms with Crippen molar-refractivity contribution in [3.8, 4) is 11.5 Å². The monoisotopic (exact) mass is 397 g/mol. The highest BCUT2D eigenvalue weighted by molar-refractivity contribution is 7.15. The van der Waals surface area contributed by atoms with Gasteiger partial charge in [0.15, 0.2) is 6.61 Å². The van der Waals surface area contributed by atoms with Crippen molar-refractivity contribution in [3.63, 3.8) is 0 Å². The van der Waals surface area contributed by atoms with E-state index >= 15 is 0 Å². The van der Waals surface area contributed by atoms with Crippen LogP contribution in [0.3, 0.4) is 0 Å². The first-order valence-corrected chi connectivity index (χ1v) is 9.97.